The topological polar surface area (TPSA) is 63.4 Å². The zero-order valence-electron chi connectivity index (χ0n) is 8.66. The highest BCUT2D eigenvalue weighted by Gasteiger charge is 2.19. The molecule has 0 amide bonds. The smallest absolute Gasteiger partial charge is 0.215 e. The molecular formula is C8H20N2O2S. The van der Waals surface area contributed by atoms with Gasteiger partial charge in [0.05, 0.1) is 5.75 Å². The van der Waals surface area contributed by atoms with Crippen LogP contribution in [0.25, 0.3) is 0 Å². The fraction of sp³-hybridized carbons (Fsp3) is 1.00. The Hall–Kier alpha value is -0.130. The van der Waals surface area contributed by atoms with E-state index in [-0.39, 0.29) is 11.8 Å². The first-order valence-electron chi connectivity index (χ1n) is 4.63. The average molecular weight is 208 g/mol. The van der Waals surface area contributed by atoms with Gasteiger partial charge in [0.2, 0.25) is 10.0 Å². The summed E-state index contributed by atoms with van der Waals surface area (Å²) in [6.45, 7) is 4.41. The Kier molecular flexibility index (Phi) is 5.51. The molecule has 80 valence electrons. The number of rotatable bonds is 6. The molecule has 0 spiro atoms. The van der Waals surface area contributed by atoms with Gasteiger partial charge in [-0.2, -0.15) is 0 Å². The summed E-state index contributed by atoms with van der Waals surface area (Å²) in [5.41, 5.74) is 5.59. The van der Waals surface area contributed by atoms with Gasteiger partial charge in [-0.3, -0.25) is 0 Å². The third-order valence-electron chi connectivity index (χ3n) is 1.96. The van der Waals surface area contributed by atoms with Crippen LogP contribution in [-0.2, 0) is 10.0 Å². The summed E-state index contributed by atoms with van der Waals surface area (Å²) in [5, 5.41) is 0. The minimum absolute atomic E-state index is 0.0556. The van der Waals surface area contributed by atoms with Crippen molar-refractivity contribution >= 4 is 10.0 Å². The number of nitrogens with zero attached hydrogens (tertiary/aromatic N) is 1. The lowest BCUT2D eigenvalue weighted by molar-refractivity contribution is 0.463. The van der Waals surface area contributed by atoms with Crippen molar-refractivity contribution < 1.29 is 8.42 Å². The molecule has 0 saturated carbocycles. The van der Waals surface area contributed by atoms with E-state index in [4.69, 9.17) is 5.73 Å². The van der Waals surface area contributed by atoms with Crippen LogP contribution < -0.4 is 5.73 Å². The quantitative estimate of drug-likeness (QED) is 0.687. The molecule has 0 fully saturated rings. The Balaban J connectivity index is 4.23. The maximum absolute atomic E-state index is 11.5. The molecule has 0 aliphatic heterocycles. The molecule has 0 aromatic rings. The largest absolute Gasteiger partial charge is 0.327 e. The SMILES string of the molecule is CCCN(C)S(=O)(=O)CC(N)CC. The number of hydrogen-bond donors (Lipinski definition) is 1. The molecule has 0 aromatic heterocycles. The third kappa shape index (κ3) is 4.59. The van der Waals surface area contributed by atoms with Crippen molar-refractivity contribution in [3.63, 3.8) is 0 Å². The minimum Gasteiger partial charge on any atom is -0.327 e. The van der Waals surface area contributed by atoms with Crippen LogP contribution in [0.2, 0.25) is 0 Å². The molecule has 0 heterocycles. The summed E-state index contributed by atoms with van der Waals surface area (Å²) in [6.07, 6.45) is 1.52. The van der Waals surface area contributed by atoms with Crippen molar-refractivity contribution in [2.24, 2.45) is 5.73 Å². The molecule has 0 aromatic carbocycles. The second-order valence-electron chi connectivity index (χ2n) is 3.27. The first kappa shape index (κ1) is 12.9. The molecule has 0 saturated heterocycles. The molecule has 1 unspecified atom stereocenters. The zero-order valence-corrected chi connectivity index (χ0v) is 9.47. The summed E-state index contributed by atoms with van der Waals surface area (Å²) in [4.78, 5) is 0. The monoisotopic (exact) mass is 208 g/mol. The summed E-state index contributed by atoms with van der Waals surface area (Å²) < 4.78 is 24.4. The van der Waals surface area contributed by atoms with Gasteiger partial charge < -0.3 is 5.73 Å². The predicted octanol–water partition coefficient (Wildman–Crippen LogP) is 0.395. The predicted molar refractivity (Wildman–Crippen MR) is 55.0 cm³/mol. The Morgan fingerprint density at radius 3 is 2.31 bits per heavy atom. The normalized spacial score (nSPS) is 14.8. The summed E-state index contributed by atoms with van der Waals surface area (Å²) >= 11 is 0. The molecule has 0 aliphatic rings. The molecule has 2 N–H and O–H groups in total. The van der Waals surface area contributed by atoms with Gasteiger partial charge in [0.1, 0.15) is 0 Å². The Morgan fingerprint density at radius 1 is 1.38 bits per heavy atom. The van der Waals surface area contributed by atoms with E-state index in [0.29, 0.717) is 13.0 Å². The van der Waals surface area contributed by atoms with Crippen LogP contribution in [0.15, 0.2) is 0 Å². The van der Waals surface area contributed by atoms with Gasteiger partial charge in [0.25, 0.3) is 0 Å². The molecule has 5 heteroatoms. The number of nitrogens with two attached hydrogens (primary N) is 1. The van der Waals surface area contributed by atoms with Gasteiger partial charge in [0.15, 0.2) is 0 Å². The summed E-state index contributed by atoms with van der Waals surface area (Å²) in [6, 6.07) is -0.246. The lowest BCUT2D eigenvalue weighted by Crippen LogP contribution is -2.37. The molecule has 1 atom stereocenters. The van der Waals surface area contributed by atoms with E-state index in [2.05, 4.69) is 0 Å². The third-order valence-corrected chi connectivity index (χ3v) is 3.94. The maximum atomic E-state index is 11.5. The fourth-order valence-electron chi connectivity index (χ4n) is 0.970. The van der Waals surface area contributed by atoms with E-state index in [1.807, 2.05) is 13.8 Å². The van der Waals surface area contributed by atoms with Crippen molar-refractivity contribution in [2.45, 2.75) is 32.7 Å². The van der Waals surface area contributed by atoms with Crippen molar-refractivity contribution in [1.82, 2.24) is 4.31 Å². The summed E-state index contributed by atoms with van der Waals surface area (Å²) in [5.74, 6) is 0.0556. The fourth-order valence-corrected chi connectivity index (χ4v) is 2.46. The average Bonchev–Trinajstić information content (AvgIpc) is 2.04. The van der Waals surface area contributed by atoms with Gasteiger partial charge in [-0.15, -0.1) is 0 Å². The van der Waals surface area contributed by atoms with Gasteiger partial charge in [0, 0.05) is 19.6 Å². The second kappa shape index (κ2) is 5.57. The highest BCUT2D eigenvalue weighted by molar-refractivity contribution is 7.89. The van der Waals surface area contributed by atoms with Crippen LogP contribution in [0, 0.1) is 0 Å². The zero-order chi connectivity index (χ0) is 10.5. The van der Waals surface area contributed by atoms with Crippen LogP contribution in [-0.4, -0.2) is 38.1 Å². The standard InChI is InChI=1S/C8H20N2O2S/c1-4-6-10(3)13(11,12)7-8(9)5-2/h8H,4-7,9H2,1-3H3. The molecule has 4 nitrogen and oxygen atoms in total. The first-order valence-corrected chi connectivity index (χ1v) is 6.24. The number of sulfonamides is 1. The molecule has 0 aliphatic carbocycles. The highest BCUT2D eigenvalue weighted by atomic mass is 32.2. The lowest BCUT2D eigenvalue weighted by Gasteiger charge is -2.18. The van der Waals surface area contributed by atoms with Crippen LogP contribution in [0.5, 0.6) is 0 Å². The van der Waals surface area contributed by atoms with E-state index in [9.17, 15) is 8.42 Å². The first-order chi connectivity index (χ1) is 5.94. The Labute approximate surface area is 81.2 Å². The molecule has 0 radical (unpaired) electrons. The van der Waals surface area contributed by atoms with Gasteiger partial charge in [-0.1, -0.05) is 13.8 Å². The lowest BCUT2D eigenvalue weighted by atomic mass is 10.3. The highest BCUT2D eigenvalue weighted by Crippen LogP contribution is 2.02. The van der Waals surface area contributed by atoms with E-state index < -0.39 is 10.0 Å². The Bertz CT molecular complexity index is 226. The Morgan fingerprint density at radius 2 is 1.92 bits per heavy atom. The van der Waals surface area contributed by atoms with Gasteiger partial charge in [-0.05, 0) is 12.8 Å². The van der Waals surface area contributed by atoms with Crippen molar-refractivity contribution in [2.75, 3.05) is 19.3 Å². The summed E-state index contributed by atoms with van der Waals surface area (Å²) in [7, 11) is -1.53. The molecular weight excluding hydrogens is 188 g/mol. The van der Waals surface area contributed by atoms with Crippen LogP contribution in [0.4, 0.5) is 0 Å². The second-order valence-corrected chi connectivity index (χ2v) is 5.39. The van der Waals surface area contributed by atoms with E-state index in [1.165, 1.54) is 4.31 Å². The van der Waals surface area contributed by atoms with E-state index >= 15 is 0 Å². The molecule has 0 bridgehead atoms. The van der Waals surface area contributed by atoms with Gasteiger partial charge in [-0.25, -0.2) is 12.7 Å². The molecule has 0 rings (SSSR count). The minimum atomic E-state index is -3.13. The van der Waals surface area contributed by atoms with Crippen molar-refractivity contribution in [3.05, 3.63) is 0 Å². The van der Waals surface area contributed by atoms with E-state index in [1.54, 1.807) is 7.05 Å². The maximum Gasteiger partial charge on any atom is 0.215 e. The molecule has 13 heavy (non-hydrogen) atoms. The van der Waals surface area contributed by atoms with Crippen molar-refractivity contribution in [1.29, 1.82) is 0 Å². The van der Waals surface area contributed by atoms with E-state index in [0.717, 1.165) is 6.42 Å². The van der Waals surface area contributed by atoms with Crippen LogP contribution in [0.1, 0.15) is 26.7 Å². The van der Waals surface area contributed by atoms with Crippen LogP contribution in [0.3, 0.4) is 0 Å². The van der Waals surface area contributed by atoms with Crippen LogP contribution >= 0.6 is 0 Å². The van der Waals surface area contributed by atoms with Gasteiger partial charge >= 0.3 is 0 Å². The van der Waals surface area contributed by atoms with Crippen molar-refractivity contribution in [3.8, 4) is 0 Å². The number of hydrogen-bond acceptors (Lipinski definition) is 3.